The fraction of sp³-hybridized carbons (Fsp3) is 0. The van der Waals surface area contributed by atoms with E-state index in [0.29, 0.717) is 0 Å². The second kappa shape index (κ2) is 5.65. The Morgan fingerprint density at radius 1 is 1.42 bits per heavy atom. The fourth-order valence-corrected chi connectivity index (χ4v) is 0.717. The van der Waals surface area contributed by atoms with E-state index in [1.54, 1.807) is 0 Å². The molecule has 1 N–H and O–H groups in total. The molecule has 0 amide bonds. The van der Waals surface area contributed by atoms with Crippen LogP contribution in [0.2, 0.25) is 0 Å². The molecule has 0 aliphatic carbocycles. The lowest BCUT2D eigenvalue weighted by Gasteiger charge is -1.90. The van der Waals surface area contributed by atoms with E-state index in [2.05, 4.69) is 15.9 Å². The summed E-state index contributed by atoms with van der Waals surface area (Å²) in [6.07, 6.45) is 0. The van der Waals surface area contributed by atoms with E-state index >= 15 is 0 Å². The van der Waals surface area contributed by atoms with Crippen molar-refractivity contribution in [3.8, 4) is 0 Å². The third-order valence-corrected chi connectivity index (χ3v) is 1.52. The van der Waals surface area contributed by atoms with Crippen molar-refractivity contribution in [1.82, 2.24) is 0 Å². The molecular weight excluding hydrogens is 234 g/mol. The molecular formula is C7H5BrF2O2. The average molecular weight is 239 g/mol. The fourth-order valence-electron chi connectivity index (χ4n) is 0.470. The highest BCUT2D eigenvalue weighted by Gasteiger charge is 1.97. The quantitative estimate of drug-likeness (QED) is 0.557. The van der Waals surface area contributed by atoms with Crippen LogP contribution in [0.4, 0.5) is 8.78 Å². The second-order valence-electron chi connectivity index (χ2n) is 1.66. The molecule has 5 heteroatoms. The Kier molecular flexibility index (Phi) is 5.19. The molecule has 0 heterocycles. The van der Waals surface area contributed by atoms with Gasteiger partial charge in [-0.1, -0.05) is 0 Å². The molecule has 66 valence electrons. The van der Waals surface area contributed by atoms with E-state index in [1.807, 2.05) is 0 Å². The van der Waals surface area contributed by atoms with Crippen molar-refractivity contribution >= 4 is 22.4 Å². The Labute approximate surface area is 76.0 Å². The van der Waals surface area contributed by atoms with Gasteiger partial charge in [-0.05, 0) is 28.1 Å². The number of hydrogen-bond donors (Lipinski definition) is 1. The zero-order valence-electron chi connectivity index (χ0n) is 5.80. The third kappa shape index (κ3) is 4.02. The number of hydrogen-bond acceptors (Lipinski definition) is 1. The number of carboxylic acid groups (broad SMARTS) is 1. The summed E-state index contributed by atoms with van der Waals surface area (Å²) in [5.41, 5.74) is 0. The van der Waals surface area contributed by atoms with Gasteiger partial charge in [0.05, 0.1) is 4.47 Å². The van der Waals surface area contributed by atoms with Gasteiger partial charge in [0.25, 0.3) is 6.47 Å². The molecule has 0 radical (unpaired) electrons. The van der Waals surface area contributed by atoms with Crippen LogP contribution in [-0.2, 0) is 4.79 Å². The predicted octanol–water partition coefficient (Wildman–Crippen LogP) is 2.43. The van der Waals surface area contributed by atoms with E-state index in [-0.39, 0.29) is 10.9 Å². The smallest absolute Gasteiger partial charge is 0.290 e. The van der Waals surface area contributed by atoms with Crippen molar-refractivity contribution in [2.45, 2.75) is 0 Å². The lowest BCUT2D eigenvalue weighted by Crippen LogP contribution is -1.78. The molecule has 1 rings (SSSR count). The lowest BCUT2D eigenvalue weighted by molar-refractivity contribution is -0.122. The topological polar surface area (TPSA) is 37.3 Å². The summed E-state index contributed by atoms with van der Waals surface area (Å²) in [4.78, 5) is 8.36. The van der Waals surface area contributed by atoms with E-state index in [1.165, 1.54) is 12.1 Å². The van der Waals surface area contributed by atoms with Gasteiger partial charge < -0.3 is 5.11 Å². The normalized spacial score (nSPS) is 8.25. The maximum Gasteiger partial charge on any atom is 0.290 e. The third-order valence-electron chi connectivity index (χ3n) is 0.882. The molecule has 0 bridgehead atoms. The number of halogens is 3. The molecule has 0 aromatic heterocycles. The Bertz CT molecular complexity index is 266. The number of rotatable bonds is 0. The van der Waals surface area contributed by atoms with Crippen molar-refractivity contribution in [2.75, 3.05) is 0 Å². The van der Waals surface area contributed by atoms with Gasteiger partial charge in [0.2, 0.25) is 0 Å². The van der Waals surface area contributed by atoms with Crippen LogP contribution in [0.1, 0.15) is 0 Å². The summed E-state index contributed by atoms with van der Waals surface area (Å²) < 4.78 is 24.7. The van der Waals surface area contributed by atoms with Crippen LogP contribution in [0.25, 0.3) is 0 Å². The minimum Gasteiger partial charge on any atom is -0.483 e. The maximum absolute atomic E-state index is 12.3. The average Bonchev–Trinajstić information content (AvgIpc) is 1.99. The lowest BCUT2D eigenvalue weighted by atomic mass is 10.3. The molecule has 1 aromatic rings. The summed E-state index contributed by atoms with van der Waals surface area (Å²) >= 11 is 2.89. The summed E-state index contributed by atoms with van der Waals surface area (Å²) in [5.74, 6) is -1.13. The van der Waals surface area contributed by atoms with Gasteiger partial charge in [-0.25, -0.2) is 8.78 Å². The van der Waals surface area contributed by atoms with Gasteiger partial charge in [-0.15, -0.1) is 0 Å². The monoisotopic (exact) mass is 238 g/mol. The van der Waals surface area contributed by atoms with Gasteiger partial charge >= 0.3 is 0 Å². The van der Waals surface area contributed by atoms with Gasteiger partial charge in [0, 0.05) is 6.07 Å². The van der Waals surface area contributed by atoms with Crippen LogP contribution in [-0.4, -0.2) is 11.6 Å². The molecule has 0 spiro atoms. The zero-order valence-corrected chi connectivity index (χ0v) is 7.38. The Morgan fingerprint density at radius 2 is 1.92 bits per heavy atom. The van der Waals surface area contributed by atoms with Crippen molar-refractivity contribution in [3.63, 3.8) is 0 Å². The first-order valence-corrected chi connectivity index (χ1v) is 3.59. The Hall–Kier alpha value is -0.970. The summed E-state index contributed by atoms with van der Waals surface area (Å²) in [5, 5.41) is 6.89. The molecule has 12 heavy (non-hydrogen) atoms. The second-order valence-corrected chi connectivity index (χ2v) is 2.52. The van der Waals surface area contributed by atoms with Crippen LogP contribution in [0.3, 0.4) is 0 Å². The first kappa shape index (κ1) is 11.0. The molecule has 0 aliphatic heterocycles. The highest BCUT2D eigenvalue weighted by Crippen LogP contribution is 2.14. The van der Waals surface area contributed by atoms with Crippen LogP contribution >= 0.6 is 15.9 Å². The predicted molar refractivity (Wildman–Crippen MR) is 42.8 cm³/mol. The molecule has 0 fully saturated rings. The van der Waals surface area contributed by atoms with Gasteiger partial charge in [0.1, 0.15) is 11.6 Å². The summed E-state index contributed by atoms with van der Waals surface area (Å²) in [6, 6.07) is 3.34. The summed E-state index contributed by atoms with van der Waals surface area (Å²) in [6.45, 7) is -0.250. The van der Waals surface area contributed by atoms with Gasteiger partial charge in [-0.2, -0.15) is 0 Å². The Balaban J connectivity index is 0.000000354. The molecule has 0 unspecified atom stereocenters. The van der Waals surface area contributed by atoms with E-state index < -0.39 is 11.6 Å². The Morgan fingerprint density at radius 3 is 2.25 bits per heavy atom. The summed E-state index contributed by atoms with van der Waals surface area (Å²) in [7, 11) is 0. The first-order chi connectivity index (χ1) is 5.61. The molecule has 1 aromatic carbocycles. The number of carbonyl (C=O) groups is 1. The molecule has 0 saturated carbocycles. The highest BCUT2D eigenvalue weighted by molar-refractivity contribution is 9.10. The van der Waals surface area contributed by atoms with Crippen molar-refractivity contribution < 1.29 is 18.7 Å². The number of benzene rings is 1. The largest absolute Gasteiger partial charge is 0.483 e. The van der Waals surface area contributed by atoms with E-state index in [4.69, 9.17) is 9.90 Å². The van der Waals surface area contributed by atoms with Crippen molar-refractivity contribution in [2.24, 2.45) is 0 Å². The first-order valence-electron chi connectivity index (χ1n) is 2.80. The molecule has 0 atom stereocenters. The van der Waals surface area contributed by atoms with Crippen LogP contribution in [0, 0.1) is 11.6 Å². The van der Waals surface area contributed by atoms with Crippen LogP contribution in [0.5, 0.6) is 0 Å². The maximum atomic E-state index is 12.3. The molecule has 2 nitrogen and oxygen atoms in total. The van der Waals surface area contributed by atoms with Crippen molar-refractivity contribution in [1.29, 1.82) is 0 Å². The standard InChI is InChI=1S/C6H3BrF2.CH2O2/c7-5-2-1-4(8)3-6(5)9;2-1-3/h1-3H;1H,(H,2,3). The molecule has 0 aliphatic rings. The van der Waals surface area contributed by atoms with E-state index in [9.17, 15) is 8.78 Å². The van der Waals surface area contributed by atoms with Crippen LogP contribution < -0.4 is 0 Å². The minimum absolute atomic E-state index is 0.250. The minimum atomic E-state index is -0.574. The van der Waals surface area contributed by atoms with Crippen LogP contribution in [0.15, 0.2) is 22.7 Å². The van der Waals surface area contributed by atoms with Crippen molar-refractivity contribution in [3.05, 3.63) is 34.3 Å². The zero-order chi connectivity index (χ0) is 9.56. The van der Waals surface area contributed by atoms with Gasteiger partial charge in [0.15, 0.2) is 0 Å². The van der Waals surface area contributed by atoms with Gasteiger partial charge in [-0.3, -0.25) is 4.79 Å². The highest BCUT2D eigenvalue weighted by atomic mass is 79.9. The van der Waals surface area contributed by atoms with E-state index in [0.717, 1.165) is 6.07 Å². The SMILES string of the molecule is Fc1ccc(Br)c(F)c1.O=CO. The molecule has 0 saturated heterocycles.